The molecule has 1 aromatic rings. The third kappa shape index (κ3) is 4.98. The van der Waals surface area contributed by atoms with E-state index in [2.05, 4.69) is 0 Å². The van der Waals surface area contributed by atoms with Gasteiger partial charge in [0.1, 0.15) is 12.2 Å². The molecule has 1 fully saturated rings. The Morgan fingerprint density at radius 3 is 2.54 bits per heavy atom. The molecule has 126 valence electrons. The second-order valence-electron chi connectivity index (χ2n) is 5.58. The zero-order chi connectivity index (χ0) is 17.5. The Labute approximate surface area is 138 Å². The molecule has 0 unspecified atom stereocenters. The van der Waals surface area contributed by atoms with Crippen molar-refractivity contribution in [1.82, 2.24) is 0 Å². The molecule has 0 spiro atoms. The van der Waals surface area contributed by atoms with Crippen LogP contribution in [0.15, 0.2) is 42.3 Å². The highest BCUT2D eigenvalue weighted by atomic mass is 19.2. The number of hydrogen-bond donors (Lipinski definition) is 0. The number of carbonyl (C=O) groups excluding carboxylic acids is 1. The molecule has 1 saturated carbocycles. The quantitative estimate of drug-likeness (QED) is 0.458. The van der Waals surface area contributed by atoms with Crippen LogP contribution in [0.1, 0.15) is 36.0 Å². The van der Waals surface area contributed by atoms with Crippen LogP contribution in [0.4, 0.5) is 13.2 Å². The van der Waals surface area contributed by atoms with Gasteiger partial charge in [0, 0.05) is 0 Å². The summed E-state index contributed by atoms with van der Waals surface area (Å²) >= 11 is 0. The smallest absolute Gasteiger partial charge is 0.338 e. The number of benzene rings is 1. The lowest BCUT2D eigenvalue weighted by Crippen LogP contribution is -2.24. The summed E-state index contributed by atoms with van der Waals surface area (Å²) in [5.74, 6) is -3.39. The second kappa shape index (κ2) is 8.34. The normalized spacial score (nSPS) is 21.5. The van der Waals surface area contributed by atoms with Gasteiger partial charge in [-0.1, -0.05) is 12.2 Å². The minimum atomic E-state index is -1.09. The van der Waals surface area contributed by atoms with Gasteiger partial charge in [-0.05, 0) is 55.9 Å². The lowest BCUT2D eigenvalue weighted by molar-refractivity contribution is 0.0184. The number of rotatable bonds is 4. The predicted octanol–water partition coefficient (Wildman–Crippen LogP) is 4.61. The van der Waals surface area contributed by atoms with E-state index in [1.165, 1.54) is 18.2 Å². The summed E-state index contributed by atoms with van der Waals surface area (Å²) in [6.45, 7) is 0. The van der Waals surface area contributed by atoms with Gasteiger partial charge in [0.15, 0.2) is 17.5 Å². The number of nitrogens with zero attached hydrogens (tertiary/aromatic N) is 1. The van der Waals surface area contributed by atoms with Crippen LogP contribution in [0.25, 0.3) is 0 Å². The van der Waals surface area contributed by atoms with Crippen LogP contribution in [-0.4, -0.2) is 12.1 Å². The second-order valence-corrected chi connectivity index (χ2v) is 5.58. The summed E-state index contributed by atoms with van der Waals surface area (Å²) in [7, 11) is 0. The van der Waals surface area contributed by atoms with Crippen molar-refractivity contribution in [3.8, 4) is 6.07 Å². The fraction of sp³-hybridized carbons (Fsp3) is 0.333. The Balaban J connectivity index is 1.83. The van der Waals surface area contributed by atoms with Crippen LogP contribution in [0.3, 0.4) is 0 Å². The number of allylic oxidation sites excluding steroid dienone is 4. The van der Waals surface area contributed by atoms with Crippen molar-refractivity contribution in [1.29, 1.82) is 5.26 Å². The molecule has 3 nitrogen and oxygen atoms in total. The van der Waals surface area contributed by atoms with Crippen LogP contribution < -0.4 is 0 Å². The molecule has 0 amide bonds. The highest BCUT2D eigenvalue weighted by molar-refractivity contribution is 5.89. The third-order valence-electron chi connectivity index (χ3n) is 3.88. The highest BCUT2D eigenvalue weighted by Crippen LogP contribution is 2.28. The van der Waals surface area contributed by atoms with Gasteiger partial charge in [-0.15, -0.1) is 0 Å². The van der Waals surface area contributed by atoms with E-state index in [0.29, 0.717) is 12.8 Å². The summed E-state index contributed by atoms with van der Waals surface area (Å²) in [5, 5.41) is 8.30. The number of nitriles is 1. The molecule has 24 heavy (non-hydrogen) atoms. The summed E-state index contributed by atoms with van der Waals surface area (Å²) in [5.41, 5.74) is -0.0203. The maximum absolute atomic E-state index is 13.1. The number of halogens is 3. The molecule has 1 aliphatic carbocycles. The maximum atomic E-state index is 13.1. The number of carbonyl (C=O) groups is 1. The Kier molecular flexibility index (Phi) is 6.19. The zero-order valence-corrected chi connectivity index (χ0v) is 12.8. The van der Waals surface area contributed by atoms with Crippen LogP contribution in [0, 0.1) is 28.9 Å². The Morgan fingerprint density at radius 2 is 1.92 bits per heavy atom. The van der Waals surface area contributed by atoms with E-state index in [9.17, 15) is 18.0 Å². The van der Waals surface area contributed by atoms with Crippen molar-refractivity contribution in [3.63, 3.8) is 0 Å². The van der Waals surface area contributed by atoms with Crippen LogP contribution in [-0.2, 0) is 4.74 Å². The van der Waals surface area contributed by atoms with Crippen molar-refractivity contribution in [2.45, 2.75) is 31.8 Å². The Bertz CT molecular complexity index is 699. The molecule has 0 atom stereocenters. The van der Waals surface area contributed by atoms with Gasteiger partial charge in [-0.3, -0.25) is 0 Å². The summed E-state index contributed by atoms with van der Waals surface area (Å²) in [4.78, 5) is 11.9. The summed E-state index contributed by atoms with van der Waals surface area (Å²) in [6, 6.07) is 4.29. The maximum Gasteiger partial charge on any atom is 0.338 e. The molecule has 6 heteroatoms. The molecule has 0 N–H and O–H groups in total. The first-order valence-corrected chi connectivity index (χ1v) is 7.59. The van der Waals surface area contributed by atoms with Crippen molar-refractivity contribution in [3.05, 3.63) is 59.5 Å². The summed E-state index contributed by atoms with van der Waals surface area (Å²) in [6.07, 6.45) is 6.95. The molecule has 2 rings (SSSR count). The number of ether oxygens (including phenoxy) is 1. The lowest BCUT2D eigenvalue weighted by atomic mass is 9.87. The molecule has 1 aliphatic rings. The molecule has 0 bridgehead atoms. The van der Waals surface area contributed by atoms with E-state index >= 15 is 0 Å². The standard InChI is InChI=1S/C18H16F3NO2/c19-14(11-22)3-1-2-12-4-7-15(8-5-12)24-18(23)13-6-9-16(20)17(21)10-13/h1-3,6,9-10,12,15H,4-5,7-8H2/b2-1+,14-3-. The Hall–Kier alpha value is -2.55. The fourth-order valence-electron chi connectivity index (χ4n) is 2.58. The topological polar surface area (TPSA) is 50.1 Å². The van der Waals surface area contributed by atoms with Gasteiger partial charge in [-0.2, -0.15) is 9.65 Å². The zero-order valence-electron chi connectivity index (χ0n) is 12.8. The van der Waals surface area contributed by atoms with Gasteiger partial charge < -0.3 is 4.74 Å². The lowest BCUT2D eigenvalue weighted by Gasteiger charge is -2.26. The molecule has 0 aliphatic heterocycles. The minimum Gasteiger partial charge on any atom is -0.459 e. The van der Waals surface area contributed by atoms with E-state index < -0.39 is 23.4 Å². The first-order chi connectivity index (χ1) is 11.5. The van der Waals surface area contributed by atoms with E-state index in [-0.39, 0.29) is 17.6 Å². The van der Waals surface area contributed by atoms with Crippen LogP contribution in [0.2, 0.25) is 0 Å². The van der Waals surface area contributed by atoms with Crippen LogP contribution in [0.5, 0.6) is 0 Å². The number of esters is 1. The van der Waals surface area contributed by atoms with Gasteiger partial charge in [0.25, 0.3) is 0 Å². The van der Waals surface area contributed by atoms with Gasteiger partial charge in [0.05, 0.1) is 5.56 Å². The largest absolute Gasteiger partial charge is 0.459 e. The molecule has 1 aromatic carbocycles. The molecular formula is C18H16F3NO2. The average molecular weight is 335 g/mol. The first-order valence-electron chi connectivity index (χ1n) is 7.59. The van der Waals surface area contributed by atoms with Crippen LogP contribution >= 0.6 is 0 Å². The molecular weight excluding hydrogens is 319 g/mol. The molecule has 0 radical (unpaired) electrons. The van der Waals surface area contributed by atoms with Crippen molar-refractivity contribution < 1.29 is 22.7 Å². The highest BCUT2D eigenvalue weighted by Gasteiger charge is 2.23. The van der Waals surface area contributed by atoms with Gasteiger partial charge in [0.2, 0.25) is 0 Å². The monoisotopic (exact) mass is 335 g/mol. The van der Waals surface area contributed by atoms with Crippen molar-refractivity contribution >= 4 is 5.97 Å². The van der Waals surface area contributed by atoms with Crippen molar-refractivity contribution in [2.75, 3.05) is 0 Å². The van der Waals surface area contributed by atoms with Gasteiger partial charge >= 0.3 is 5.97 Å². The summed E-state index contributed by atoms with van der Waals surface area (Å²) < 4.78 is 43.9. The van der Waals surface area contributed by atoms with E-state index in [1.54, 1.807) is 0 Å². The van der Waals surface area contributed by atoms with E-state index in [4.69, 9.17) is 10.00 Å². The van der Waals surface area contributed by atoms with Gasteiger partial charge in [-0.25, -0.2) is 13.6 Å². The van der Waals surface area contributed by atoms with Crippen molar-refractivity contribution in [2.24, 2.45) is 5.92 Å². The SMILES string of the molecule is N#C/C(F)=C/C=C/C1CCC(OC(=O)c2ccc(F)c(F)c2)CC1. The predicted molar refractivity (Wildman–Crippen MR) is 81.5 cm³/mol. The number of hydrogen-bond acceptors (Lipinski definition) is 3. The minimum absolute atomic E-state index is 0.0203. The fourth-order valence-corrected chi connectivity index (χ4v) is 2.58. The van der Waals surface area contributed by atoms with E-state index in [1.807, 2.05) is 6.08 Å². The molecule has 0 aromatic heterocycles. The first kappa shape index (κ1) is 17.8. The Morgan fingerprint density at radius 1 is 1.21 bits per heavy atom. The third-order valence-corrected chi connectivity index (χ3v) is 3.88. The molecule has 0 heterocycles. The molecule has 0 saturated heterocycles. The van der Waals surface area contributed by atoms with E-state index in [0.717, 1.165) is 31.1 Å². The average Bonchev–Trinajstić information content (AvgIpc) is 2.58.